The van der Waals surface area contributed by atoms with Crippen LogP contribution in [0.2, 0.25) is 0 Å². The van der Waals surface area contributed by atoms with Gasteiger partial charge in [0.2, 0.25) is 11.8 Å². The first kappa shape index (κ1) is 22.2. The molecule has 2 amide bonds. The minimum atomic E-state index is -0.271. The Morgan fingerprint density at radius 2 is 1.94 bits per heavy atom. The minimum absolute atomic E-state index is 0.0481. The van der Waals surface area contributed by atoms with E-state index in [0.717, 1.165) is 41.9 Å². The second kappa shape index (κ2) is 9.63. The number of hydrogen-bond acceptors (Lipinski definition) is 5. The van der Waals surface area contributed by atoms with Crippen molar-refractivity contribution in [1.82, 2.24) is 19.8 Å². The number of nitrogens with zero attached hydrogens (tertiary/aromatic N) is 4. The quantitative estimate of drug-likeness (QED) is 0.774. The van der Waals surface area contributed by atoms with Crippen LogP contribution in [-0.4, -0.2) is 51.7 Å². The van der Waals surface area contributed by atoms with Crippen LogP contribution in [0, 0.1) is 5.82 Å². The molecule has 8 heteroatoms. The van der Waals surface area contributed by atoms with Crippen molar-refractivity contribution in [2.75, 3.05) is 25.5 Å². The summed E-state index contributed by atoms with van der Waals surface area (Å²) in [5, 5.41) is 3.17. The summed E-state index contributed by atoms with van der Waals surface area (Å²) in [5.74, 6) is 1.27. The molecule has 4 rings (SSSR count). The molecule has 0 bridgehead atoms. The maximum Gasteiger partial charge on any atom is 0.223 e. The molecule has 1 atom stereocenters. The van der Waals surface area contributed by atoms with Crippen molar-refractivity contribution < 1.29 is 14.0 Å². The number of aryl methyl sites for hydroxylation is 1. The number of carbonyl (C=O) groups is 2. The lowest BCUT2D eigenvalue weighted by Crippen LogP contribution is -2.40. The monoisotopic (exact) mass is 439 g/mol. The average molecular weight is 440 g/mol. The highest BCUT2D eigenvalue weighted by Gasteiger charge is 2.32. The summed E-state index contributed by atoms with van der Waals surface area (Å²) in [7, 11) is 1.82. The zero-order valence-electron chi connectivity index (χ0n) is 18.7. The molecule has 2 aliphatic heterocycles. The van der Waals surface area contributed by atoms with E-state index in [4.69, 9.17) is 9.97 Å². The SMILES string of the molecule is CNc1nc(C2CCCCN2C(=O)CCc2ccc(F)cc2)nc2c1CN(C(C)=O)CC2. The molecule has 2 aliphatic rings. The van der Waals surface area contributed by atoms with Crippen molar-refractivity contribution in [3.8, 4) is 0 Å². The lowest BCUT2D eigenvalue weighted by molar-refractivity contribution is -0.135. The molecule has 3 heterocycles. The highest BCUT2D eigenvalue weighted by atomic mass is 19.1. The summed E-state index contributed by atoms with van der Waals surface area (Å²) >= 11 is 0. The molecule has 0 aliphatic carbocycles. The van der Waals surface area contributed by atoms with Gasteiger partial charge in [0, 0.05) is 45.5 Å². The van der Waals surface area contributed by atoms with E-state index in [0.29, 0.717) is 44.7 Å². The van der Waals surface area contributed by atoms with Gasteiger partial charge in [0.05, 0.1) is 18.3 Å². The summed E-state index contributed by atoms with van der Waals surface area (Å²) in [4.78, 5) is 38.3. The summed E-state index contributed by atoms with van der Waals surface area (Å²) in [6.45, 7) is 3.43. The van der Waals surface area contributed by atoms with Crippen LogP contribution in [-0.2, 0) is 29.0 Å². The summed E-state index contributed by atoms with van der Waals surface area (Å²) in [5.41, 5.74) is 2.87. The number of piperidine rings is 1. The number of nitrogens with one attached hydrogen (secondary N) is 1. The van der Waals surface area contributed by atoms with Gasteiger partial charge < -0.3 is 15.1 Å². The molecule has 2 aromatic rings. The van der Waals surface area contributed by atoms with Crippen molar-refractivity contribution in [2.45, 2.75) is 58.0 Å². The number of rotatable bonds is 5. The van der Waals surface area contributed by atoms with Gasteiger partial charge >= 0.3 is 0 Å². The Kier molecular flexibility index (Phi) is 6.67. The van der Waals surface area contributed by atoms with Crippen LogP contribution in [0.3, 0.4) is 0 Å². The topological polar surface area (TPSA) is 78.4 Å². The predicted molar refractivity (Wildman–Crippen MR) is 119 cm³/mol. The molecule has 32 heavy (non-hydrogen) atoms. The Bertz CT molecular complexity index is 977. The lowest BCUT2D eigenvalue weighted by Gasteiger charge is -2.36. The Balaban J connectivity index is 1.53. The van der Waals surface area contributed by atoms with E-state index in [9.17, 15) is 14.0 Å². The van der Waals surface area contributed by atoms with Gasteiger partial charge in [-0.3, -0.25) is 9.59 Å². The van der Waals surface area contributed by atoms with Crippen molar-refractivity contribution >= 4 is 17.6 Å². The van der Waals surface area contributed by atoms with E-state index >= 15 is 0 Å². The normalized spacial score (nSPS) is 18.3. The van der Waals surface area contributed by atoms with Gasteiger partial charge in [-0.2, -0.15) is 0 Å². The number of hydrogen-bond donors (Lipinski definition) is 1. The summed E-state index contributed by atoms with van der Waals surface area (Å²) < 4.78 is 13.1. The third-order valence-corrected chi connectivity index (χ3v) is 6.42. The number of anilines is 1. The van der Waals surface area contributed by atoms with E-state index in [-0.39, 0.29) is 23.7 Å². The molecule has 1 aromatic heterocycles. The first-order chi connectivity index (χ1) is 15.5. The highest BCUT2D eigenvalue weighted by Crippen LogP contribution is 2.33. The highest BCUT2D eigenvalue weighted by molar-refractivity contribution is 5.77. The molecule has 0 spiro atoms. The standard InChI is InChI=1S/C24H30FN5O2/c1-16(31)29-14-12-20-19(15-29)23(26-2)28-24(27-20)21-5-3-4-13-30(21)22(32)11-8-17-6-9-18(25)10-7-17/h6-7,9-10,21H,3-5,8,11-15H2,1-2H3,(H,26,27,28). The van der Waals surface area contributed by atoms with Crippen molar-refractivity contribution in [3.63, 3.8) is 0 Å². The second-order valence-electron chi connectivity index (χ2n) is 8.52. The van der Waals surface area contributed by atoms with Crippen LogP contribution in [0.4, 0.5) is 10.2 Å². The number of fused-ring (bicyclic) bond motifs is 1. The third kappa shape index (κ3) is 4.74. The molecule has 7 nitrogen and oxygen atoms in total. The van der Waals surface area contributed by atoms with Gasteiger partial charge in [0.1, 0.15) is 11.6 Å². The number of halogens is 1. The minimum Gasteiger partial charge on any atom is -0.373 e. The van der Waals surface area contributed by atoms with Gasteiger partial charge in [-0.1, -0.05) is 12.1 Å². The van der Waals surface area contributed by atoms with Crippen LogP contribution in [0.25, 0.3) is 0 Å². The second-order valence-corrected chi connectivity index (χ2v) is 8.52. The van der Waals surface area contributed by atoms with Gasteiger partial charge in [0.15, 0.2) is 5.82 Å². The number of aromatic nitrogens is 2. The molecular formula is C24H30FN5O2. The maximum atomic E-state index is 13.1. The summed E-state index contributed by atoms with van der Waals surface area (Å²) in [6, 6.07) is 6.17. The number of amides is 2. The number of benzene rings is 1. The van der Waals surface area contributed by atoms with E-state index in [1.807, 2.05) is 11.9 Å². The fraction of sp³-hybridized carbons (Fsp3) is 0.500. The molecule has 1 unspecified atom stereocenters. The first-order valence-corrected chi connectivity index (χ1v) is 11.3. The Morgan fingerprint density at radius 1 is 1.16 bits per heavy atom. The number of carbonyl (C=O) groups excluding carboxylic acids is 2. The molecule has 170 valence electrons. The molecule has 1 N–H and O–H groups in total. The molecular weight excluding hydrogens is 409 g/mol. The van der Waals surface area contributed by atoms with E-state index < -0.39 is 0 Å². The fourth-order valence-electron chi connectivity index (χ4n) is 4.60. The average Bonchev–Trinajstić information content (AvgIpc) is 2.82. The Hall–Kier alpha value is -3.03. The van der Waals surface area contributed by atoms with E-state index in [1.165, 1.54) is 12.1 Å². The predicted octanol–water partition coefficient (Wildman–Crippen LogP) is 3.25. The zero-order valence-corrected chi connectivity index (χ0v) is 18.7. The number of likely N-dealkylation sites (tertiary alicyclic amines) is 1. The summed E-state index contributed by atoms with van der Waals surface area (Å²) in [6.07, 6.45) is 4.47. The first-order valence-electron chi connectivity index (χ1n) is 11.3. The van der Waals surface area contributed by atoms with Gasteiger partial charge in [0.25, 0.3) is 0 Å². The van der Waals surface area contributed by atoms with Crippen molar-refractivity contribution in [2.24, 2.45) is 0 Å². The lowest BCUT2D eigenvalue weighted by atomic mass is 9.99. The molecule has 1 saturated heterocycles. The van der Waals surface area contributed by atoms with E-state index in [2.05, 4.69) is 5.32 Å². The molecule has 0 saturated carbocycles. The van der Waals surface area contributed by atoms with Gasteiger partial charge in [-0.05, 0) is 43.4 Å². The van der Waals surface area contributed by atoms with Crippen molar-refractivity contribution in [3.05, 3.63) is 52.7 Å². The van der Waals surface area contributed by atoms with Crippen LogP contribution in [0.15, 0.2) is 24.3 Å². The van der Waals surface area contributed by atoms with Gasteiger partial charge in [-0.15, -0.1) is 0 Å². The van der Waals surface area contributed by atoms with Crippen molar-refractivity contribution in [1.29, 1.82) is 0 Å². The Morgan fingerprint density at radius 3 is 2.66 bits per heavy atom. The molecule has 1 aromatic carbocycles. The van der Waals surface area contributed by atoms with E-state index in [1.54, 1.807) is 24.0 Å². The van der Waals surface area contributed by atoms with Crippen LogP contribution < -0.4 is 5.32 Å². The molecule has 0 radical (unpaired) electrons. The largest absolute Gasteiger partial charge is 0.373 e. The van der Waals surface area contributed by atoms with Crippen LogP contribution >= 0.6 is 0 Å². The van der Waals surface area contributed by atoms with Gasteiger partial charge in [-0.25, -0.2) is 14.4 Å². The van der Waals surface area contributed by atoms with Crippen LogP contribution in [0.5, 0.6) is 0 Å². The van der Waals surface area contributed by atoms with Crippen LogP contribution in [0.1, 0.15) is 61.3 Å². The fourth-order valence-corrected chi connectivity index (χ4v) is 4.60. The maximum absolute atomic E-state index is 13.1. The zero-order chi connectivity index (χ0) is 22.7. The third-order valence-electron chi connectivity index (χ3n) is 6.42. The smallest absolute Gasteiger partial charge is 0.223 e. The Labute approximate surface area is 188 Å². The molecule has 1 fully saturated rings.